The highest BCUT2D eigenvalue weighted by atomic mass is 16.5. The number of esters is 1. The van der Waals surface area contributed by atoms with E-state index in [0.29, 0.717) is 11.3 Å². The minimum Gasteiger partial charge on any atom is -0.464 e. The van der Waals surface area contributed by atoms with E-state index in [1.54, 1.807) is 13.2 Å². The Hall–Kier alpha value is -2.20. The molecule has 0 aliphatic heterocycles. The first kappa shape index (κ1) is 17.9. The van der Waals surface area contributed by atoms with Gasteiger partial charge >= 0.3 is 5.97 Å². The summed E-state index contributed by atoms with van der Waals surface area (Å²) in [6, 6.07) is 0. The number of aromatic nitrogens is 2. The number of unbranched alkanes of at least 4 members (excludes halogenated alkanes) is 6. The molecule has 4 nitrogen and oxygen atoms in total. The fraction of sp³-hybridized carbons (Fsp3) is 0.556. The van der Waals surface area contributed by atoms with E-state index in [4.69, 9.17) is 4.74 Å². The highest BCUT2D eigenvalue weighted by molar-refractivity contribution is 5.90. The van der Waals surface area contributed by atoms with Crippen molar-refractivity contribution in [2.75, 3.05) is 7.11 Å². The lowest BCUT2D eigenvalue weighted by molar-refractivity contribution is 0.0588. The number of ether oxygens (including phenoxy) is 1. The van der Waals surface area contributed by atoms with E-state index in [1.165, 1.54) is 43.9 Å². The first-order chi connectivity index (χ1) is 10.7. The molecule has 0 amide bonds. The van der Waals surface area contributed by atoms with Crippen LogP contribution in [0.3, 0.4) is 0 Å². The second-order valence-electron chi connectivity index (χ2n) is 5.09. The average Bonchev–Trinajstić information content (AvgIpc) is 2.89. The second kappa shape index (κ2) is 10.5. The predicted octanol–water partition coefficient (Wildman–Crippen LogP) is 3.31. The fourth-order valence-electron chi connectivity index (χ4n) is 2.07. The zero-order valence-corrected chi connectivity index (χ0v) is 13.7. The van der Waals surface area contributed by atoms with Crippen LogP contribution in [0, 0.1) is 23.7 Å². The van der Waals surface area contributed by atoms with Crippen LogP contribution < -0.4 is 0 Å². The van der Waals surface area contributed by atoms with Gasteiger partial charge in [-0.15, -0.1) is 0 Å². The van der Waals surface area contributed by atoms with E-state index < -0.39 is 5.97 Å². The Balaban J connectivity index is 2.43. The van der Waals surface area contributed by atoms with Crippen LogP contribution in [0.4, 0.5) is 0 Å². The molecule has 0 fully saturated rings. The molecule has 0 unspecified atom stereocenters. The first-order valence-corrected chi connectivity index (χ1v) is 7.79. The summed E-state index contributed by atoms with van der Waals surface area (Å²) in [5.74, 6) is 11.1. The van der Waals surface area contributed by atoms with Crippen molar-refractivity contribution < 1.29 is 9.53 Å². The Bertz CT molecular complexity index is 594. The molecule has 0 radical (unpaired) electrons. The molecule has 0 aliphatic rings. The van der Waals surface area contributed by atoms with E-state index in [-0.39, 0.29) is 0 Å². The number of methoxy groups -OCH3 is 1. The van der Waals surface area contributed by atoms with Crippen molar-refractivity contribution in [1.29, 1.82) is 0 Å². The largest absolute Gasteiger partial charge is 0.464 e. The molecular weight excluding hydrogens is 276 g/mol. The minimum atomic E-state index is -0.440. The van der Waals surface area contributed by atoms with Gasteiger partial charge in [0.25, 0.3) is 0 Å². The van der Waals surface area contributed by atoms with E-state index >= 15 is 0 Å². The Kier molecular flexibility index (Phi) is 8.53. The van der Waals surface area contributed by atoms with Gasteiger partial charge in [-0.3, -0.25) is 4.68 Å². The Morgan fingerprint density at radius 1 is 1.23 bits per heavy atom. The second-order valence-corrected chi connectivity index (χ2v) is 5.09. The Labute approximate surface area is 133 Å². The number of nitrogens with zero attached hydrogens (tertiary/aromatic N) is 2. The van der Waals surface area contributed by atoms with Gasteiger partial charge in [-0.05, 0) is 24.2 Å². The van der Waals surface area contributed by atoms with Crippen molar-refractivity contribution in [2.45, 2.75) is 51.9 Å². The van der Waals surface area contributed by atoms with Crippen molar-refractivity contribution in [3.05, 3.63) is 17.5 Å². The number of carbonyl (C=O) groups is 1. The quantitative estimate of drug-likeness (QED) is 0.441. The molecule has 1 aromatic heterocycles. The third-order valence-electron chi connectivity index (χ3n) is 3.32. The average molecular weight is 300 g/mol. The number of carbonyl (C=O) groups excluding carboxylic acids is 1. The van der Waals surface area contributed by atoms with Crippen LogP contribution in [0.5, 0.6) is 0 Å². The normalized spacial score (nSPS) is 9.41. The van der Waals surface area contributed by atoms with Gasteiger partial charge in [0, 0.05) is 13.5 Å². The molecule has 22 heavy (non-hydrogen) atoms. The summed E-state index contributed by atoms with van der Waals surface area (Å²) < 4.78 is 6.17. The number of hydrogen-bond donors (Lipinski definition) is 0. The molecule has 0 spiro atoms. The van der Waals surface area contributed by atoms with Gasteiger partial charge in [0.15, 0.2) is 5.69 Å². The highest BCUT2D eigenvalue weighted by Crippen LogP contribution is 2.07. The van der Waals surface area contributed by atoms with Crippen LogP contribution in [0.15, 0.2) is 6.20 Å². The maximum Gasteiger partial charge on any atom is 0.357 e. The molecule has 4 heteroatoms. The molecule has 0 aromatic carbocycles. The van der Waals surface area contributed by atoms with Crippen LogP contribution in [-0.2, 0) is 11.8 Å². The highest BCUT2D eigenvalue weighted by Gasteiger charge is 2.15. The third-order valence-corrected chi connectivity index (χ3v) is 3.32. The summed E-state index contributed by atoms with van der Waals surface area (Å²) in [7, 11) is 3.02. The smallest absolute Gasteiger partial charge is 0.357 e. The topological polar surface area (TPSA) is 44.1 Å². The van der Waals surface area contributed by atoms with Gasteiger partial charge in [0.2, 0.25) is 0 Å². The van der Waals surface area contributed by atoms with Crippen molar-refractivity contribution >= 4 is 5.97 Å². The molecule has 0 N–H and O–H groups in total. The van der Waals surface area contributed by atoms with Gasteiger partial charge in [0.05, 0.1) is 18.9 Å². The summed E-state index contributed by atoms with van der Waals surface area (Å²) in [5, 5.41) is 4.01. The molecule has 0 aliphatic carbocycles. The first-order valence-electron chi connectivity index (χ1n) is 7.79. The maximum atomic E-state index is 11.6. The lowest BCUT2D eigenvalue weighted by Crippen LogP contribution is -2.09. The molecule has 1 rings (SSSR count). The standard InChI is InChI=1S/C18H24N2O2/c1-4-5-6-7-8-9-10-11-12-13-14-16-15-19-20(2)17(16)18(21)22-3/h15H,4-10H2,1-3H3. The van der Waals surface area contributed by atoms with Crippen LogP contribution in [0.1, 0.15) is 67.9 Å². The molecular formula is C18H24N2O2. The van der Waals surface area contributed by atoms with E-state index in [0.717, 1.165) is 12.8 Å². The molecule has 118 valence electrons. The van der Waals surface area contributed by atoms with Crippen LogP contribution in [0.25, 0.3) is 0 Å². The lowest BCUT2D eigenvalue weighted by Gasteiger charge is -1.99. The van der Waals surface area contributed by atoms with E-state index in [2.05, 4.69) is 35.7 Å². The predicted molar refractivity (Wildman–Crippen MR) is 87.2 cm³/mol. The van der Waals surface area contributed by atoms with Gasteiger partial charge in [-0.25, -0.2) is 4.79 Å². The summed E-state index contributed by atoms with van der Waals surface area (Å²) in [5.41, 5.74) is 0.899. The summed E-state index contributed by atoms with van der Waals surface area (Å²) in [4.78, 5) is 11.6. The van der Waals surface area contributed by atoms with Crippen LogP contribution >= 0.6 is 0 Å². The van der Waals surface area contributed by atoms with Gasteiger partial charge in [-0.2, -0.15) is 5.10 Å². The van der Waals surface area contributed by atoms with Crippen molar-refractivity contribution in [3.8, 4) is 23.7 Å². The van der Waals surface area contributed by atoms with Crippen LogP contribution in [-0.4, -0.2) is 22.9 Å². The zero-order chi connectivity index (χ0) is 16.2. The SMILES string of the molecule is CCCCCCCCC#CC#Cc1cnn(C)c1C(=O)OC. The van der Waals surface area contributed by atoms with Gasteiger partial charge < -0.3 is 4.74 Å². The molecule has 1 heterocycles. The monoisotopic (exact) mass is 300 g/mol. The molecule has 0 atom stereocenters. The van der Waals surface area contributed by atoms with Gasteiger partial charge in [0.1, 0.15) is 0 Å². The van der Waals surface area contributed by atoms with Crippen molar-refractivity contribution in [1.82, 2.24) is 9.78 Å². The van der Waals surface area contributed by atoms with E-state index in [1.807, 2.05) is 0 Å². The Morgan fingerprint density at radius 2 is 1.95 bits per heavy atom. The Morgan fingerprint density at radius 3 is 2.68 bits per heavy atom. The summed E-state index contributed by atoms with van der Waals surface area (Å²) in [6.07, 6.45) is 9.99. The number of hydrogen-bond acceptors (Lipinski definition) is 3. The fourth-order valence-corrected chi connectivity index (χ4v) is 2.07. The summed E-state index contributed by atoms with van der Waals surface area (Å²) in [6.45, 7) is 2.22. The lowest BCUT2D eigenvalue weighted by atomic mass is 10.1. The molecule has 0 saturated carbocycles. The van der Waals surface area contributed by atoms with E-state index in [9.17, 15) is 4.79 Å². The van der Waals surface area contributed by atoms with Gasteiger partial charge in [-0.1, -0.05) is 44.9 Å². The molecule has 0 saturated heterocycles. The van der Waals surface area contributed by atoms with Crippen molar-refractivity contribution in [3.63, 3.8) is 0 Å². The zero-order valence-electron chi connectivity index (χ0n) is 13.7. The maximum absolute atomic E-state index is 11.6. The van der Waals surface area contributed by atoms with Crippen LogP contribution in [0.2, 0.25) is 0 Å². The molecule has 0 bridgehead atoms. The minimum absolute atomic E-state index is 0.354. The third kappa shape index (κ3) is 6.06. The van der Waals surface area contributed by atoms with Crippen molar-refractivity contribution in [2.24, 2.45) is 7.05 Å². The number of aryl methyl sites for hydroxylation is 1. The molecule has 1 aromatic rings. The summed E-state index contributed by atoms with van der Waals surface area (Å²) >= 11 is 0. The number of rotatable bonds is 7.